The molecule has 0 amide bonds. The Morgan fingerprint density at radius 1 is 1.23 bits per heavy atom. The summed E-state index contributed by atoms with van der Waals surface area (Å²) in [7, 11) is 0. The topological polar surface area (TPSA) is 44.0 Å². The zero-order valence-electron chi connectivity index (χ0n) is 7.65. The second-order valence-corrected chi connectivity index (χ2v) is 3.07. The minimum Gasteiger partial charge on any atom is -0.288 e. The first-order chi connectivity index (χ1) is 6.11. The van der Waals surface area contributed by atoms with Crippen molar-refractivity contribution < 1.29 is 0 Å². The summed E-state index contributed by atoms with van der Waals surface area (Å²) in [4.78, 5) is 22.8. The molecule has 1 aromatic heterocycles. The highest BCUT2D eigenvalue weighted by atomic mass is 32.1. The zero-order valence-corrected chi connectivity index (χ0v) is 8.54. The highest BCUT2D eigenvalue weighted by Crippen LogP contribution is 1.97. The van der Waals surface area contributed by atoms with Gasteiger partial charge in [-0.3, -0.25) is 13.9 Å². The normalized spacial score (nSPS) is 10.4. The molecule has 0 saturated heterocycles. The van der Waals surface area contributed by atoms with Gasteiger partial charge in [0.05, 0.1) is 5.03 Å². The van der Waals surface area contributed by atoms with Crippen molar-refractivity contribution in [3.05, 3.63) is 26.9 Å². The molecule has 72 valence electrons. The van der Waals surface area contributed by atoms with Gasteiger partial charge in [-0.05, 0) is 13.8 Å². The lowest BCUT2D eigenvalue weighted by molar-refractivity contribution is 0.550. The molecule has 5 heteroatoms. The van der Waals surface area contributed by atoms with E-state index in [4.69, 9.17) is 0 Å². The lowest BCUT2D eigenvalue weighted by atomic mass is 10.5. The molecule has 0 N–H and O–H groups in total. The van der Waals surface area contributed by atoms with Gasteiger partial charge >= 0.3 is 5.69 Å². The van der Waals surface area contributed by atoms with E-state index >= 15 is 0 Å². The van der Waals surface area contributed by atoms with E-state index in [1.165, 1.54) is 15.2 Å². The van der Waals surface area contributed by atoms with Crippen LogP contribution in [0.4, 0.5) is 0 Å². The molecule has 1 rings (SSSR count). The zero-order chi connectivity index (χ0) is 10.0. The van der Waals surface area contributed by atoms with Gasteiger partial charge in [0.15, 0.2) is 0 Å². The van der Waals surface area contributed by atoms with Gasteiger partial charge in [-0.25, -0.2) is 4.79 Å². The standard InChI is InChI=1S/C8H12N2O2S/c1-3-9-6(11)5-7(13)10(4-2)8(9)12/h5,13H,3-4H2,1-2H3. The minimum atomic E-state index is -0.290. The smallest absolute Gasteiger partial charge is 0.288 e. The minimum absolute atomic E-state index is 0.289. The van der Waals surface area contributed by atoms with Crippen LogP contribution in [0.5, 0.6) is 0 Å². The molecule has 0 unspecified atom stereocenters. The number of rotatable bonds is 2. The quantitative estimate of drug-likeness (QED) is 0.552. The van der Waals surface area contributed by atoms with Gasteiger partial charge in [-0.15, -0.1) is 12.6 Å². The Labute approximate surface area is 81.2 Å². The number of aromatic nitrogens is 2. The van der Waals surface area contributed by atoms with Crippen LogP contribution in [0.15, 0.2) is 20.7 Å². The fourth-order valence-electron chi connectivity index (χ4n) is 1.19. The van der Waals surface area contributed by atoms with E-state index in [0.29, 0.717) is 18.1 Å². The first-order valence-electron chi connectivity index (χ1n) is 4.15. The monoisotopic (exact) mass is 200 g/mol. The molecule has 1 heterocycles. The predicted octanol–water partition coefficient (Wildman–Crippen LogP) is 0.338. The molecule has 0 aliphatic heterocycles. The van der Waals surface area contributed by atoms with E-state index in [1.807, 2.05) is 6.92 Å². The van der Waals surface area contributed by atoms with E-state index in [-0.39, 0.29) is 11.2 Å². The van der Waals surface area contributed by atoms with Crippen molar-refractivity contribution >= 4 is 12.6 Å². The van der Waals surface area contributed by atoms with Crippen molar-refractivity contribution in [1.29, 1.82) is 0 Å². The Balaban J connectivity index is 3.59. The molecule has 0 aromatic carbocycles. The third-order valence-electron chi connectivity index (χ3n) is 1.89. The molecule has 0 fully saturated rings. The summed E-state index contributed by atoms with van der Waals surface area (Å²) in [6.45, 7) is 4.52. The summed E-state index contributed by atoms with van der Waals surface area (Å²) in [6.07, 6.45) is 0. The molecule has 13 heavy (non-hydrogen) atoms. The summed E-state index contributed by atoms with van der Waals surface area (Å²) in [5, 5.41) is 0.419. The van der Waals surface area contributed by atoms with Crippen molar-refractivity contribution in [2.75, 3.05) is 0 Å². The number of hydrogen-bond acceptors (Lipinski definition) is 3. The highest BCUT2D eigenvalue weighted by molar-refractivity contribution is 7.80. The van der Waals surface area contributed by atoms with Crippen molar-refractivity contribution in [3.63, 3.8) is 0 Å². The number of hydrogen-bond donors (Lipinski definition) is 1. The molecule has 0 aliphatic carbocycles. The van der Waals surface area contributed by atoms with Crippen LogP contribution in [-0.4, -0.2) is 9.13 Å². The first-order valence-corrected chi connectivity index (χ1v) is 4.60. The van der Waals surface area contributed by atoms with Crippen LogP contribution < -0.4 is 11.2 Å². The first kappa shape index (κ1) is 10.1. The molecular formula is C8H12N2O2S. The van der Waals surface area contributed by atoms with Crippen molar-refractivity contribution in [1.82, 2.24) is 9.13 Å². The van der Waals surface area contributed by atoms with Gasteiger partial charge in [0.1, 0.15) is 0 Å². The van der Waals surface area contributed by atoms with Gasteiger partial charge < -0.3 is 0 Å². The Morgan fingerprint density at radius 3 is 2.23 bits per heavy atom. The average molecular weight is 200 g/mol. The van der Waals surface area contributed by atoms with Gasteiger partial charge in [0.2, 0.25) is 0 Å². The summed E-state index contributed by atoms with van der Waals surface area (Å²) >= 11 is 4.05. The maximum Gasteiger partial charge on any atom is 0.331 e. The van der Waals surface area contributed by atoms with E-state index in [2.05, 4.69) is 12.6 Å². The summed E-state index contributed by atoms with van der Waals surface area (Å²) in [6, 6.07) is 1.36. The molecular weight excluding hydrogens is 188 g/mol. The maximum absolute atomic E-state index is 11.5. The van der Waals surface area contributed by atoms with E-state index < -0.39 is 0 Å². The Bertz CT molecular complexity index is 419. The van der Waals surface area contributed by atoms with E-state index in [9.17, 15) is 9.59 Å². The van der Waals surface area contributed by atoms with Crippen LogP contribution in [0.2, 0.25) is 0 Å². The molecule has 0 bridgehead atoms. The highest BCUT2D eigenvalue weighted by Gasteiger charge is 2.05. The second kappa shape index (κ2) is 3.83. The van der Waals surface area contributed by atoms with E-state index in [0.717, 1.165) is 0 Å². The van der Waals surface area contributed by atoms with Crippen LogP contribution in [-0.2, 0) is 13.1 Å². The SMILES string of the molecule is CCn1c(S)cc(=O)n(CC)c1=O. The van der Waals surface area contributed by atoms with Gasteiger partial charge in [0, 0.05) is 19.2 Å². The molecule has 1 aromatic rings. The Kier molecular flexibility index (Phi) is 2.98. The summed E-state index contributed by atoms with van der Waals surface area (Å²) in [5.74, 6) is 0. The fourth-order valence-corrected chi connectivity index (χ4v) is 1.53. The molecule has 0 saturated carbocycles. The molecule has 4 nitrogen and oxygen atoms in total. The third-order valence-corrected chi connectivity index (χ3v) is 2.26. The van der Waals surface area contributed by atoms with Crippen molar-refractivity contribution in [2.24, 2.45) is 0 Å². The van der Waals surface area contributed by atoms with Gasteiger partial charge in [-0.1, -0.05) is 0 Å². The fraction of sp³-hybridized carbons (Fsp3) is 0.500. The lowest BCUT2D eigenvalue weighted by Crippen LogP contribution is -2.39. The van der Waals surface area contributed by atoms with E-state index in [1.54, 1.807) is 6.92 Å². The molecule has 0 spiro atoms. The summed E-state index contributed by atoms with van der Waals surface area (Å²) < 4.78 is 2.64. The predicted molar refractivity (Wildman–Crippen MR) is 53.6 cm³/mol. The van der Waals surface area contributed by atoms with Gasteiger partial charge in [-0.2, -0.15) is 0 Å². The Morgan fingerprint density at radius 2 is 1.77 bits per heavy atom. The average Bonchev–Trinajstić information content (AvgIpc) is 2.04. The van der Waals surface area contributed by atoms with Crippen LogP contribution in [0.25, 0.3) is 0 Å². The molecule has 0 atom stereocenters. The number of thiol groups is 1. The van der Waals surface area contributed by atoms with Crippen LogP contribution in [0.3, 0.4) is 0 Å². The van der Waals surface area contributed by atoms with Crippen LogP contribution >= 0.6 is 12.6 Å². The second-order valence-electron chi connectivity index (χ2n) is 2.61. The lowest BCUT2D eigenvalue weighted by Gasteiger charge is -2.08. The Hall–Kier alpha value is -0.970. The van der Waals surface area contributed by atoms with Crippen molar-refractivity contribution in [3.8, 4) is 0 Å². The van der Waals surface area contributed by atoms with Crippen molar-refractivity contribution in [2.45, 2.75) is 32.0 Å². The number of nitrogens with zero attached hydrogens (tertiary/aromatic N) is 2. The maximum atomic E-state index is 11.5. The summed E-state index contributed by atoms with van der Waals surface area (Å²) in [5.41, 5.74) is -0.579. The van der Waals surface area contributed by atoms with Gasteiger partial charge in [0.25, 0.3) is 5.56 Å². The largest absolute Gasteiger partial charge is 0.331 e. The van der Waals surface area contributed by atoms with Crippen LogP contribution in [0, 0.1) is 0 Å². The molecule has 0 radical (unpaired) electrons. The molecule has 0 aliphatic rings. The van der Waals surface area contributed by atoms with Crippen LogP contribution in [0.1, 0.15) is 13.8 Å². The third kappa shape index (κ3) is 1.70.